The maximum atomic E-state index is 15.7. The van der Waals surface area contributed by atoms with Crippen molar-refractivity contribution in [2.45, 2.75) is 35.5 Å². The molecule has 1 saturated heterocycles. The largest absolute Gasteiger partial charge is 0.456 e. The monoisotopic (exact) mass is 1640 g/mol. The van der Waals surface area contributed by atoms with Crippen LogP contribution in [0.2, 0.25) is 0 Å². The number of nitrogens with zero attached hydrogens (tertiary/aromatic N) is 9. The molecule has 6 aromatic carbocycles. The van der Waals surface area contributed by atoms with Crippen molar-refractivity contribution in [3.8, 4) is 52.7 Å². The van der Waals surface area contributed by atoms with Gasteiger partial charge in [0.25, 0.3) is 0 Å². The van der Waals surface area contributed by atoms with Crippen LogP contribution in [-0.2, 0) is 40.3 Å². The van der Waals surface area contributed by atoms with Gasteiger partial charge >= 0.3 is 17.8 Å². The number of halogens is 15. The van der Waals surface area contributed by atoms with Gasteiger partial charge in [-0.3, -0.25) is 19.7 Å². The van der Waals surface area contributed by atoms with Crippen molar-refractivity contribution in [1.82, 2.24) is 29.7 Å². The van der Waals surface area contributed by atoms with Gasteiger partial charge in [0, 0.05) is 66.6 Å². The number of aromatic nitrogens is 6. The topological polar surface area (TPSA) is 218 Å². The summed E-state index contributed by atoms with van der Waals surface area (Å²) < 4.78 is 194. The second kappa shape index (κ2) is 31.1. The summed E-state index contributed by atoms with van der Waals surface area (Å²) in [6.07, 6.45) is 5.24. The molecule has 0 saturated carbocycles. The SMILES string of the molecule is I.II.N#Cc1ccc(Oc2ccc(C(F)(F)C(=O)c3ccc(F)cc3F)nc2)cc1.N#Cc1ccc(Oc2ccc(C(F)(F)C(O)(Cn3cncn3)c3ccc(F)cc3F)nc2)cc1.N#Cc1ccc(Oc2ccc(C(F)(F)C3(c4ccc(F)cc4F)CO3)nc2)cc1. The van der Waals surface area contributed by atoms with Crippen molar-refractivity contribution < 1.29 is 81.5 Å². The van der Waals surface area contributed by atoms with Crippen LogP contribution >= 0.6 is 61.2 Å². The summed E-state index contributed by atoms with van der Waals surface area (Å²) in [5, 5.41) is 41.2. The molecule has 2 unspecified atom stereocenters. The van der Waals surface area contributed by atoms with E-state index < -0.39 is 117 Å². The van der Waals surface area contributed by atoms with E-state index in [1.807, 2.05) is 18.2 Å². The number of alkyl halides is 6. The lowest BCUT2D eigenvalue weighted by Crippen LogP contribution is -2.48. The Balaban J connectivity index is 0.000000197. The number of nitriles is 3. The summed E-state index contributed by atoms with van der Waals surface area (Å²) in [5.41, 5.74) is -8.76. The zero-order chi connectivity index (χ0) is 67.3. The van der Waals surface area contributed by atoms with Crippen LogP contribution in [0.5, 0.6) is 34.5 Å². The van der Waals surface area contributed by atoms with Gasteiger partial charge in [0.05, 0.1) is 72.2 Å². The summed E-state index contributed by atoms with van der Waals surface area (Å²) in [7, 11) is 0. The number of rotatable bonds is 17. The van der Waals surface area contributed by atoms with E-state index in [1.165, 1.54) is 66.7 Å². The highest BCUT2D eigenvalue weighted by atomic mass is 128. The number of benzene rings is 6. The smallest absolute Gasteiger partial charge is 0.351 e. The number of hydrogen-bond acceptors (Lipinski definition) is 14. The van der Waals surface area contributed by atoms with Gasteiger partial charge in [0.15, 0.2) is 11.2 Å². The molecule has 0 spiro atoms. The number of ether oxygens (including phenoxy) is 4. The van der Waals surface area contributed by atoms with Crippen molar-refractivity contribution in [2.75, 3.05) is 6.61 Å². The first-order valence-electron chi connectivity index (χ1n) is 26.2. The summed E-state index contributed by atoms with van der Waals surface area (Å²) >= 11 is 4.24. The van der Waals surface area contributed by atoms with Crippen molar-refractivity contribution in [1.29, 1.82) is 15.8 Å². The Bertz CT molecular complexity index is 4380. The highest BCUT2D eigenvalue weighted by molar-refractivity contribution is 15.0. The van der Waals surface area contributed by atoms with Crippen LogP contribution < -0.4 is 14.2 Å². The summed E-state index contributed by atoms with van der Waals surface area (Å²) in [5.74, 6) is -18.9. The Hall–Kier alpha value is -9.28. The lowest BCUT2D eigenvalue weighted by molar-refractivity contribution is -0.207. The van der Waals surface area contributed by atoms with E-state index in [2.05, 4.69) is 62.3 Å². The first-order chi connectivity index (χ1) is 44.4. The zero-order valence-electron chi connectivity index (χ0n) is 47.1. The number of carbonyl (C=O) groups is 1. The minimum Gasteiger partial charge on any atom is -0.456 e. The lowest BCUT2D eigenvalue weighted by atomic mass is 9.84. The van der Waals surface area contributed by atoms with Gasteiger partial charge in [-0.25, -0.2) is 36.0 Å². The highest BCUT2D eigenvalue weighted by Crippen LogP contribution is 2.56. The maximum absolute atomic E-state index is 15.7. The van der Waals surface area contributed by atoms with Crippen molar-refractivity contribution in [3.05, 3.63) is 280 Å². The minimum absolute atomic E-state index is 0. The molecule has 0 bridgehead atoms. The van der Waals surface area contributed by atoms with Crippen LogP contribution in [0.4, 0.5) is 52.7 Å². The fraction of sp³-hybridized carbons (Fsp3) is 0.109. The highest BCUT2D eigenvalue weighted by Gasteiger charge is 2.68. The molecule has 11 rings (SSSR count). The molecule has 94 heavy (non-hydrogen) atoms. The third-order valence-electron chi connectivity index (χ3n) is 13.4. The van der Waals surface area contributed by atoms with E-state index >= 15 is 17.6 Å². The summed E-state index contributed by atoms with van der Waals surface area (Å²) in [4.78, 5) is 26.7. The molecule has 1 aliphatic rings. The van der Waals surface area contributed by atoms with E-state index in [0.29, 0.717) is 64.3 Å². The molecule has 4 aromatic heterocycles. The van der Waals surface area contributed by atoms with Gasteiger partial charge < -0.3 is 24.1 Å². The molecule has 480 valence electrons. The molecule has 30 heteroatoms. The number of aliphatic hydroxyl groups is 1. The Kier molecular flexibility index (Phi) is 23.9. The van der Waals surface area contributed by atoms with E-state index in [-0.39, 0.29) is 41.2 Å². The van der Waals surface area contributed by atoms with Crippen LogP contribution in [0, 0.1) is 68.9 Å². The van der Waals surface area contributed by atoms with Crippen LogP contribution in [0.15, 0.2) is 195 Å². The van der Waals surface area contributed by atoms with E-state index in [9.17, 15) is 45.0 Å². The molecular formula is C64H38F12I3N9O6. The molecule has 0 aliphatic carbocycles. The van der Waals surface area contributed by atoms with Gasteiger partial charge in [-0.05, 0) is 146 Å². The summed E-state index contributed by atoms with van der Waals surface area (Å²) in [6, 6.07) is 36.8. The van der Waals surface area contributed by atoms with Gasteiger partial charge in [-0.1, -0.05) is 0 Å². The number of pyridine rings is 3. The van der Waals surface area contributed by atoms with Crippen LogP contribution in [0.1, 0.15) is 55.3 Å². The molecule has 1 aliphatic heterocycles. The molecule has 0 radical (unpaired) electrons. The van der Waals surface area contributed by atoms with Gasteiger partial charge in [0.1, 0.15) is 99.1 Å². The predicted molar refractivity (Wildman–Crippen MR) is 336 cm³/mol. The predicted octanol–water partition coefficient (Wildman–Crippen LogP) is 16.7. The van der Waals surface area contributed by atoms with E-state index in [4.69, 9.17) is 34.7 Å². The Morgan fingerprint density at radius 3 is 1.34 bits per heavy atom. The lowest BCUT2D eigenvalue weighted by Gasteiger charge is -2.36. The number of carbonyl (C=O) groups excluding carboxylic acids is 1. The molecular weight excluding hydrogens is 1600 g/mol. The zero-order valence-corrected chi connectivity index (χ0v) is 53.7. The third kappa shape index (κ3) is 16.5. The first-order valence-corrected chi connectivity index (χ1v) is 32.5. The summed E-state index contributed by atoms with van der Waals surface area (Å²) in [6.45, 7) is -1.32. The van der Waals surface area contributed by atoms with Crippen molar-refractivity contribution >= 4 is 67.0 Å². The molecule has 2 atom stereocenters. The number of ketones is 1. The number of hydrogen-bond donors (Lipinski definition) is 1. The molecule has 15 nitrogen and oxygen atoms in total. The van der Waals surface area contributed by atoms with E-state index in [0.717, 1.165) is 78.4 Å². The van der Waals surface area contributed by atoms with Crippen molar-refractivity contribution in [3.63, 3.8) is 0 Å². The quantitative estimate of drug-likeness (QED) is 0.0388. The second-order valence-corrected chi connectivity index (χ2v) is 19.3. The fourth-order valence-corrected chi connectivity index (χ4v) is 8.58. The first kappa shape index (κ1) is 72.2. The van der Waals surface area contributed by atoms with Crippen LogP contribution in [0.3, 0.4) is 0 Å². The minimum atomic E-state index is -4.15. The Morgan fingerprint density at radius 2 is 0.957 bits per heavy atom. The Labute approximate surface area is 565 Å². The molecule has 10 aromatic rings. The normalized spacial score (nSPS) is 13.7. The average Bonchev–Trinajstić information content (AvgIpc) is 1.53. The average molecular weight is 1640 g/mol. The van der Waals surface area contributed by atoms with Crippen molar-refractivity contribution in [2.24, 2.45) is 0 Å². The molecule has 0 amide bonds. The number of epoxide rings is 1. The maximum Gasteiger partial charge on any atom is 0.351 e. The van der Waals surface area contributed by atoms with E-state index in [1.54, 1.807) is 24.3 Å². The van der Waals surface area contributed by atoms with Gasteiger partial charge in [-0.15, -0.1) is 24.0 Å². The van der Waals surface area contributed by atoms with Gasteiger partial charge in [-0.2, -0.15) is 47.2 Å². The fourth-order valence-electron chi connectivity index (χ4n) is 8.58. The van der Waals surface area contributed by atoms with Gasteiger partial charge in [0.2, 0.25) is 5.78 Å². The molecule has 1 N–H and O–H groups in total. The second-order valence-electron chi connectivity index (χ2n) is 19.3. The molecule has 5 heterocycles. The Morgan fingerprint density at radius 1 is 0.553 bits per heavy atom. The third-order valence-corrected chi connectivity index (χ3v) is 13.4. The molecule has 1 fully saturated rings. The van der Waals surface area contributed by atoms with Crippen LogP contribution in [0.25, 0.3) is 0 Å². The standard InChI is InChI=1S/C23H15F4N5O2.C21H12F4N2O2.C20H10F4N2O2.I2.HI/c24-16-3-7-19(20(25)9-16)22(33,12-32-14-29-13-31-32)23(26,27)21-8-6-18(11-30-21)34-17-4-1-15(10-28)2-5-17;22-14-3-7-17(18(23)9-14)20(12-28-20)21(24,25)19-8-6-16(11-27-19)29-15-4-1-13(10-26)2-5-15;21-13-3-7-16(17(22)9-13)19(27)20(23,24)18-8-6-15(11-26-18)28-14-4-1-12(10-25)2-5-14;1-2;/h1-9,11,13-14,33H,12H2;1-9,11H,12H2;1-9,11H;;1H. The number of Topliss-reactive ketones (excluding diaryl/α,β-unsaturated/α-hetero) is 1. The van der Waals surface area contributed by atoms with Crippen LogP contribution in [-0.4, -0.2) is 47.2 Å².